The van der Waals surface area contributed by atoms with Crippen molar-refractivity contribution in [2.45, 2.75) is 26.3 Å². The normalized spacial score (nSPS) is 19.4. The summed E-state index contributed by atoms with van der Waals surface area (Å²) in [6.45, 7) is 7.63. The highest BCUT2D eigenvalue weighted by Crippen LogP contribution is 2.31. The number of anilines is 1. The van der Waals surface area contributed by atoms with Gasteiger partial charge >= 0.3 is 0 Å². The van der Waals surface area contributed by atoms with Crippen molar-refractivity contribution in [2.75, 3.05) is 24.5 Å². The van der Waals surface area contributed by atoms with Crippen LogP contribution in [0.1, 0.15) is 20.3 Å². The molecule has 3 nitrogen and oxygen atoms in total. The maximum atomic E-state index is 6.29. The molecule has 112 valence electrons. The Morgan fingerprint density at radius 2 is 2.24 bits per heavy atom. The van der Waals surface area contributed by atoms with Gasteiger partial charge in [-0.3, -0.25) is 4.98 Å². The van der Waals surface area contributed by atoms with Crippen LogP contribution >= 0.6 is 11.6 Å². The number of benzene rings is 1. The van der Waals surface area contributed by atoms with Crippen LogP contribution in [0.3, 0.4) is 0 Å². The SMILES string of the molecule is CC(C)CC1CN(c2ccc(Cl)c3cccnc23)CCN1. The minimum Gasteiger partial charge on any atom is -0.367 e. The van der Waals surface area contributed by atoms with Gasteiger partial charge in [0.25, 0.3) is 0 Å². The van der Waals surface area contributed by atoms with Crippen LogP contribution in [-0.4, -0.2) is 30.7 Å². The van der Waals surface area contributed by atoms with E-state index in [0.29, 0.717) is 12.0 Å². The van der Waals surface area contributed by atoms with Gasteiger partial charge in [-0.2, -0.15) is 0 Å². The van der Waals surface area contributed by atoms with E-state index < -0.39 is 0 Å². The summed E-state index contributed by atoms with van der Waals surface area (Å²) < 4.78 is 0. The third-order valence-electron chi connectivity index (χ3n) is 4.05. The maximum Gasteiger partial charge on any atom is 0.0950 e. The second kappa shape index (κ2) is 6.20. The predicted molar refractivity (Wildman–Crippen MR) is 90.2 cm³/mol. The standard InChI is InChI=1S/C17H22ClN3/c1-12(2)10-13-11-21(9-8-19-13)16-6-5-15(18)14-4-3-7-20-17(14)16/h3-7,12-13,19H,8-11H2,1-2H3. The fraction of sp³-hybridized carbons (Fsp3) is 0.471. The smallest absolute Gasteiger partial charge is 0.0950 e. The summed E-state index contributed by atoms with van der Waals surface area (Å²) >= 11 is 6.29. The van der Waals surface area contributed by atoms with Crippen LogP contribution < -0.4 is 10.2 Å². The summed E-state index contributed by atoms with van der Waals surface area (Å²) in [6.07, 6.45) is 3.05. The Balaban J connectivity index is 1.91. The molecule has 0 saturated carbocycles. The third-order valence-corrected chi connectivity index (χ3v) is 4.38. The molecule has 2 aromatic rings. The third kappa shape index (κ3) is 3.14. The van der Waals surface area contributed by atoms with Crippen LogP contribution in [0, 0.1) is 5.92 Å². The van der Waals surface area contributed by atoms with Gasteiger partial charge < -0.3 is 10.2 Å². The van der Waals surface area contributed by atoms with Gasteiger partial charge in [-0.05, 0) is 36.6 Å². The Morgan fingerprint density at radius 1 is 1.38 bits per heavy atom. The first-order valence-corrected chi connectivity index (χ1v) is 8.04. The summed E-state index contributed by atoms with van der Waals surface area (Å²) in [6, 6.07) is 8.63. The Labute approximate surface area is 131 Å². The molecule has 4 heteroatoms. The molecule has 1 N–H and O–H groups in total. The lowest BCUT2D eigenvalue weighted by atomic mass is 10.0. The second-order valence-corrected chi connectivity index (χ2v) is 6.60. The zero-order valence-corrected chi connectivity index (χ0v) is 13.4. The molecular formula is C17H22ClN3. The molecule has 1 aliphatic heterocycles. The molecule has 1 aliphatic rings. The van der Waals surface area contributed by atoms with Crippen LogP contribution in [0.5, 0.6) is 0 Å². The quantitative estimate of drug-likeness (QED) is 0.937. The first kappa shape index (κ1) is 14.6. The zero-order chi connectivity index (χ0) is 14.8. The van der Waals surface area contributed by atoms with Crippen molar-refractivity contribution in [3.63, 3.8) is 0 Å². The minimum absolute atomic E-state index is 0.549. The average Bonchev–Trinajstić information content (AvgIpc) is 2.47. The fourth-order valence-electron chi connectivity index (χ4n) is 3.15. The molecule has 0 amide bonds. The number of halogens is 1. The molecule has 1 atom stereocenters. The van der Waals surface area contributed by atoms with E-state index in [0.717, 1.165) is 35.6 Å². The van der Waals surface area contributed by atoms with Gasteiger partial charge in [-0.15, -0.1) is 0 Å². The molecule has 21 heavy (non-hydrogen) atoms. The lowest BCUT2D eigenvalue weighted by Gasteiger charge is -2.36. The number of nitrogens with zero attached hydrogens (tertiary/aromatic N) is 2. The first-order chi connectivity index (χ1) is 10.1. The Kier molecular flexibility index (Phi) is 4.32. The van der Waals surface area contributed by atoms with Crippen molar-refractivity contribution in [3.05, 3.63) is 35.5 Å². The van der Waals surface area contributed by atoms with E-state index >= 15 is 0 Å². The number of fused-ring (bicyclic) bond motifs is 1. The monoisotopic (exact) mass is 303 g/mol. The van der Waals surface area contributed by atoms with E-state index in [4.69, 9.17) is 11.6 Å². The van der Waals surface area contributed by atoms with Gasteiger partial charge in [0, 0.05) is 37.3 Å². The highest BCUT2D eigenvalue weighted by atomic mass is 35.5. The van der Waals surface area contributed by atoms with Gasteiger partial charge in [0.05, 0.1) is 16.2 Å². The Bertz CT molecular complexity index is 626. The molecule has 1 aromatic carbocycles. The number of pyridine rings is 1. The summed E-state index contributed by atoms with van der Waals surface area (Å²) in [4.78, 5) is 7.00. The van der Waals surface area contributed by atoms with E-state index in [1.165, 1.54) is 12.1 Å². The predicted octanol–water partition coefficient (Wildman–Crippen LogP) is 3.71. The number of hydrogen-bond acceptors (Lipinski definition) is 3. The average molecular weight is 304 g/mol. The largest absolute Gasteiger partial charge is 0.367 e. The molecule has 3 rings (SSSR count). The number of nitrogens with one attached hydrogen (secondary N) is 1. The second-order valence-electron chi connectivity index (χ2n) is 6.19. The highest BCUT2D eigenvalue weighted by molar-refractivity contribution is 6.35. The van der Waals surface area contributed by atoms with Crippen LogP contribution in [-0.2, 0) is 0 Å². The van der Waals surface area contributed by atoms with Crippen molar-refractivity contribution >= 4 is 28.2 Å². The Hall–Kier alpha value is -1.32. The van der Waals surface area contributed by atoms with E-state index in [1.807, 2.05) is 24.4 Å². The number of piperazine rings is 1. The van der Waals surface area contributed by atoms with Crippen LogP contribution in [0.2, 0.25) is 5.02 Å². The topological polar surface area (TPSA) is 28.2 Å². The van der Waals surface area contributed by atoms with E-state index in [1.54, 1.807) is 0 Å². The molecule has 0 aliphatic carbocycles. The number of hydrogen-bond donors (Lipinski definition) is 1. The molecule has 1 fully saturated rings. The molecule has 0 radical (unpaired) electrons. The number of aromatic nitrogens is 1. The van der Waals surface area contributed by atoms with Crippen LogP contribution in [0.15, 0.2) is 30.5 Å². The van der Waals surface area contributed by atoms with E-state index in [9.17, 15) is 0 Å². The lowest BCUT2D eigenvalue weighted by Crippen LogP contribution is -2.51. The Morgan fingerprint density at radius 3 is 3.05 bits per heavy atom. The molecular weight excluding hydrogens is 282 g/mol. The van der Waals surface area contributed by atoms with E-state index in [-0.39, 0.29) is 0 Å². The molecule has 2 heterocycles. The highest BCUT2D eigenvalue weighted by Gasteiger charge is 2.22. The van der Waals surface area contributed by atoms with Crippen molar-refractivity contribution < 1.29 is 0 Å². The maximum absolute atomic E-state index is 6.29. The van der Waals surface area contributed by atoms with Crippen molar-refractivity contribution in [1.82, 2.24) is 10.3 Å². The molecule has 0 spiro atoms. The van der Waals surface area contributed by atoms with Crippen LogP contribution in [0.25, 0.3) is 10.9 Å². The van der Waals surface area contributed by atoms with Crippen molar-refractivity contribution in [3.8, 4) is 0 Å². The van der Waals surface area contributed by atoms with E-state index in [2.05, 4.69) is 35.1 Å². The first-order valence-electron chi connectivity index (χ1n) is 7.66. The zero-order valence-electron chi connectivity index (χ0n) is 12.6. The summed E-state index contributed by atoms with van der Waals surface area (Å²) in [5.41, 5.74) is 2.21. The van der Waals surface area contributed by atoms with Gasteiger partial charge in [0.1, 0.15) is 0 Å². The van der Waals surface area contributed by atoms with Gasteiger partial charge in [0.2, 0.25) is 0 Å². The molecule has 1 unspecified atom stereocenters. The molecule has 1 aromatic heterocycles. The fourth-order valence-corrected chi connectivity index (χ4v) is 3.36. The lowest BCUT2D eigenvalue weighted by molar-refractivity contribution is 0.388. The van der Waals surface area contributed by atoms with Crippen molar-refractivity contribution in [1.29, 1.82) is 0 Å². The van der Waals surface area contributed by atoms with Gasteiger partial charge in [-0.1, -0.05) is 25.4 Å². The van der Waals surface area contributed by atoms with Crippen LogP contribution in [0.4, 0.5) is 5.69 Å². The van der Waals surface area contributed by atoms with Crippen molar-refractivity contribution in [2.24, 2.45) is 5.92 Å². The summed E-state index contributed by atoms with van der Waals surface area (Å²) in [7, 11) is 0. The number of rotatable bonds is 3. The summed E-state index contributed by atoms with van der Waals surface area (Å²) in [5, 5.41) is 5.43. The summed E-state index contributed by atoms with van der Waals surface area (Å²) in [5.74, 6) is 0.711. The molecule has 1 saturated heterocycles. The van der Waals surface area contributed by atoms with Gasteiger partial charge in [0.15, 0.2) is 0 Å². The molecule has 0 bridgehead atoms. The minimum atomic E-state index is 0.549. The van der Waals surface area contributed by atoms with Gasteiger partial charge in [-0.25, -0.2) is 0 Å².